The van der Waals surface area contributed by atoms with Gasteiger partial charge < -0.3 is 34.1 Å². The number of primary amides is 1. The van der Waals surface area contributed by atoms with E-state index in [4.69, 9.17) is 15.9 Å². The Morgan fingerprint density at radius 3 is 1.97 bits per heavy atom. The zero-order valence-corrected chi connectivity index (χ0v) is 26.4. The van der Waals surface area contributed by atoms with E-state index in [0.717, 1.165) is 25.7 Å². The number of phosphoric acid groups is 1. The second kappa shape index (κ2) is 28.9. The van der Waals surface area contributed by atoms with Crippen molar-refractivity contribution in [1.29, 1.82) is 0 Å². The van der Waals surface area contributed by atoms with Gasteiger partial charge in [-0.25, -0.2) is 4.79 Å². The van der Waals surface area contributed by atoms with Gasteiger partial charge in [-0.05, 0) is 53.8 Å². The Morgan fingerprint density at radius 2 is 1.46 bits per heavy atom. The summed E-state index contributed by atoms with van der Waals surface area (Å²) in [4.78, 5) is 54.0. The van der Waals surface area contributed by atoms with Crippen molar-refractivity contribution < 1.29 is 115 Å². The van der Waals surface area contributed by atoms with Gasteiger partial charge in [-0.2, -0.15) is 0 Å². The Balaban J connectivity index is -0.0000000621. The van der Waals surface area contributed by atoms with Crippen LogP contribution in [0.5, 0.6) is 0 Å². The Labute approximate surface area is 276 Å². The summed E-state index contributed by atoms with van der Waals surface area (Å²) in [5.74, 6) is 18.1. The molecule has 2 N–H and O–H groups in total. The number of carbonyl (C=O) groups is 3. The number of ether oxygens (including phenoxy) is 2. The van der Waals surface area contributed by atoms with Crippen molar-refractivity contribution in [1.82, 2.24) is 0 Å². The Bertz CT molecular complexity index is 1060. The SMILES string of the molecule is C#CC#CC#CC#CC#CC(=O)OC[C@H](COP(=O)([O-])[O-])OC(=O)CCCCCCC.CC(N)=O.[HH].[HH].[HH].[HH].[HH].[HH].[HH].[HH].[HH].[Na+].[Na+]. The average molecular weight is 568 g/mol. The molecule has 0 aromatic heterocycles. The van der Waals surface area contributed by atoms with Crippen molar-refractivity contribution in [3.63, 3.8) is 0 Å². The molecule has 1 atom stereocenters. The molecule has 0 aromatic rings. The molecular weight excluding hydrogens is 523 g/mol. The summed E-state index contributed by atoms with van der Waals surface area (Å²) in [5, 5.41) is 0. The minimum atomic E-state index is -5.29. The van der Waals surface area contributed by atoms with Gasteiger partial charge in [0.1, 0.15) is 6.61 Å². The van der Waals surface area contributed by atoms with E-state index in [2.05, 4.69) is 64.5 Å². The molecule has 0 fully saturated rings. The van der Waals surface area contributed by atoms with Crippen LogP contribution >= 0.6 is 7.82 Å². The topological polar surface area (TPSA) is 168 Å². The van der Waals surface area contributed by atoms with Crippen LogP contribution in [0, 0.1) is 59.7 Å². The van der Waals surface area contributed by atoms with Crippen LogP contribution in [0.4, 0.5) is 0 Å². The Hall–Kier alpha value is -1.68. The fourth-order valence-electron chi connectivity index (χ4n) is 1.89. The molecule has 0 radical (unpaired) electrons. The number of rotatable bonds is 12. The molecule has 0 aliphatic rings. The van der Waals surface area contributed by atoms with Crippen LogP contribution < -0.4 is 74.6 Å². The molecule has 0 rings (SSSR count). The van der Waals surface area contributed by atoms with Crippen LogP contribution in [0.3, 0.4) is 0 Å². The third-order valence-electron chi connectivity index (χ3n) is 3.21. The first-order valence-corrected chi connectivity index (χ1v) is 11.7. The number of phosphoric ester groups is 1. The van der Waals surface area contributed by atoms with Crippen LogP contribution in [0.15, 0.2) is 0 Å². The normalized spacial score (nSPS) is 9.16. The van der Waals surface area contributed by atoms with E-state index in [1.54, 1.807) is 0 Å². The summed E-state index contributed by atoms with van der Waals surface area (Å²) in [7, 11) is -5.29. The van der Waals surface area contributed by atoms with Gasteiger partial charge >= 0.3 is 71.1 Å². The smallest absolute Gasteiger partial charge is 0.790 e. The molecule has 206 valence electrons. The fourth-order valence-corrected chi connectivity index (χ4v) is 2.24. The number of terminal acetylenes is 1. The molecule has 0 aliphatic carbocycles. The maximum atomic E-state index is 11.9. The van der Waals surface area contributed by atoms with Crippen molar-refractivity contribution in [3.05, 3.63) is 0 Å². The molecule has 0 aromatic carbocycles. The minimum absolute atomic E-state index is 0. The standard InChI is InChI=1S/C22H23O8P.C2H5NO.2Na.9H2/c1-3-5-7-9-10-11-13-14-16-21(23)28-18-20(19-29-31(25,26)27)30-22(24)17-15-12-8-6-4-2;1-2(3)4;;;;;;;;;;;/h1,20H,4,6,8,12,15,17-19H2,2H3,(H2,25,26,27);1H3,(H2,3,4);;;9*1H/q;;2*+1;;;;;;;;;/p-2/t20-;;;;;;;;;;;;/m1............/s1. The van der Waals surface area contributed by atoms with Crippen molar-refractivity contribution in [2.75, 3.05) is 13.2 Å². The molecule has 0 heterocycles. The summed E-state index contributed by atoms with van der Waals surface area (Å²) in [6, 6.07) is 0. The third-order valence-corrected chi connectivity index (χ3v) is 3.68. The summed E-state index contributed by atoms with van der Waals surface area (Å²) in [6.07, 6.45) is 8.24. The molecule has 0 saturated heterocycles. The first kappa shape index (κ1) is 42.4. The van der Waals surface area contributed by atoms with Crippen LogP contribution in [-0.4, -0.2) is 37.2 Å². The maximum absolute atomic E-state index is 11.9. The molecular formula is C24H44NNa2O9P. The van der Waals surface area contributed by atoms with Gasteiger partial charge in [0.2, 0.25) is 5.91 Å². The second-order valence-electron chi connectivity index (χ2n) is 6.37. The molecule has 0 aliphatic heterocycles. The second-order valence-corrected chi connectivity index (χ2v) is 7.53. The summed E-state index contributed by atoms with van der Waals surface area (Å²) < 4.78 is 24.6. The van der Waals surface area contributed by atoms with E-state index in [1.165, 1.54) is 6.92 Å². The predicted octanol–water partition coefficient (Wildman–Crippen LogP) is -3.99. The minimum Gasteiger partial charge on any atom is -0.790 e. The van der Waals surface area contributed by atoms with Gasteiger partial charge in [-0.1, -0.05) is 32.6 Å². The first-order chi connectivity index (χ1) is 16.5. The van der Waals surface area contributed by atoms with Crippen molar-refractivity contribution in [2.24, 2.45) is 5.73 Å². The molecule has 0 bridgehead atoms. The molecule has 0 spiro atoms. The average Bonchev–Trinajstić information content (AvgIpc) is 2.76. The van der Waals surface area contributed by atoms with Gasteiger partial charge in [0.15, 0.2) is 6.10 Å². The number of esters is 2. The van der Waals surface area contributed by atoms with E-state index in [9.17, 15) is 28.7 Å². The molecule has 0 saturated carbocycles. The van der Waals surface area contributed by atoms with Gasteiger partial charge in [0.05, 0.1) is 14.4 Å². The maximum Gasteiger partial charge on any atom is 1.00 e. The Kier molecular flexibility index (Phi) is 33.1. The molecule has 0 unspecified atom stereocenters. The van der Waals surface area contributed by atoms with E-state index in [1.807, 2.05) is 5.92 Å². The largest absolute Gasteiger partial charge is 1.00 e. The van der Waals surface area contributed by atoms with E-state index >= 15 is 0 Å². The van der Waals surface area contributed by atoms with Gasteiger partial charge in [-0.15, -0.1) is 6.42 Å². The molecule has 10 nitrogen and oxygen atoms in total. The first-order valence-electron chi connectivity index (χ1n) is 10.3. The molecule has 37 heavy (non-hydrogen) atoms. The van der Waals surface area contributed by atoms with Gasteiger partial charge in [0.25, 0.3) is 0 Å². The van der Waals surface area contributed by atoms with Crippen LogP contribution in [0.1, 0.15) is 65.2 Å². The zero-order chi connectivity index (χ0) is 27.0. The number of carbonyl (C=O) groups excluding carboxylic acids is 3. The van der Waals surface area contributed by atoms with Crippen LogP contribution in [0.2, 0.25) is 0 Å². The number of hydrogen-bond donors (Lipinski definition) is 1. The van der Waals surface area contributed by atoms with Gasteiger partial charge in [-0.3, -0.25) is 9.59 Å². The molecule has 1 amide bonds. The van der Waals surface area contributed by atoms with Crippen molar-refractivity contribution >= 4 is 25.7 Å². The summed E-state index contributed by atoms with van der Waals surface area (Å²) in [6.45, 7) is 2.04. The summed E-state index contributed by atoms with van der Waals surface area (Å²) >= 11 is 0. The summed E-state index contributed by atoms with van der Waals surface area (Å²) in [5.41, 5.74) is 4.47. The van der Waals surface area contributed by atoms with Gasteiger partial charge in [0, 0.05) is 32.1 Å². The van der Waals surface area contributed by atoms with Crippen LogP contribution in [0.25, 0.3) is 0 Å². The van der Waals surface area contributed by atoms with Crippen molar-refractivity contribution in [2.45, 2.75) is 58.5 Å². The predicted molar refractivity (Wildman–Crippen MR) is 142 cm³/mol. The van der Waals surface area contributed by atoms with E-state index < -0.39 is 39.1 Å². The number of nitrogens with two attached hydrogens (primary N) is 1. The van der Waals surface area contributed by atoms with Crippen LogP contribution in [-0.2, 0) is 32.9 Å². The van der Waals surface area contributed by atoms with E-state index in [0.29, 0.717) is 6.42 Å². The van der Waals surface area contributed by atoms with E-state index in [-0.39, 0.29) is 84.3 Å². The Morgan fingerprint density at radius 1 is 0.946 bits per heavy atom. The fraction of sp³-hybridized carbons (Fsp3) is 0.458. The quantitative estimate of drug-likeness (QED) is 0.0617. The molecule has 13 heteroatoms. The number of unbranched alkanes of at least 4 members (excludes halogenated alkanes) is 4. The van der Waals surface area contributed by atoms with Crippen molar-refractivity contribution in [3.8, 4) is 59.7 Å². The third kappa shape index (κ3) is 39.0. The number of amides is 1. The number of hydrogen-bond acceptors (Lipinski definition) is 9. The zero-order valence-electron chi connectivity index (χ0n) is 21.5. The monoisotopic (exact) mass is 567 g/mol.